The summed E-state index contributed by atoms with van der Waals surface area (Å²) in [5.41, 5.74) is 1.59. The van der Waals surface area contributed by atoms with Crippen LogP contribution in [0.4, 0.5) is 17.6 Å². The SMILES string of the molecule is Cc1nn(CC(=O)N2CCN(Cc3cccc(F)c3F)CC2)c2nc(C3CC3)cc(C(F)F)c12. The van der Waals surface area contributed by atoms with E-state index in [9.17, 15) is 22.4 Å². The van der Waals surface area contributed by atoms with Gasteiger partial charge in [-0.2, -0.15) is 5.10 Å². The predicted octanol–water partition coefficient (Wildman–Crippen LogP) is 4.18. The molecule has 0 unspecified atom stereocenters. The van der Waals surface area contributed by atoms with Crippen LogP contribution in [0, 0.1) is 18.6 Å². The van der Waals surface area contributed by atoms with Crippen molar-refractivity contribution in [2.45, 2.75) is 45.2 Å². The Labute approximate surface area is 194 Å². The Bertz CT molecular complexity index is 1230. The molecule has 3 heterocycles. The van der Waals surface area contributed by atoms with Gasteiger partial charge in [0.25, 0.3) is 6.43 Å². The van der Waals surface area contributed by atoms with Gasteiger partial charge in [-0.05, 0) is 31.9 Å². The first-order chi connectivity index (χ1) is 16.3. The van der Waals surface area contributed by atoms with Crippen molar-refractivity contribution >= 4 is 16.9 Å². The molecule has 1 amide bonds. The van der Waals surface area contributed by atoms with Crippen LogP contribution in [0.3, 0.4) is 0 Å². The minimum absolute atomic E-state index is 0.0821. The van der Waals surface area contributed by atoms with E-state index in [4.69, 9.17) is 0 Å². The lowest BCUT2D eigenvalue weighted by molar-refractivity contribution is -0.133. The van der Waals surface area contributed by atoms with E-state index < -0.39 is 18.1 Å². The number of fused-ring (bicyclic) bond motifs is 1. The summed E-state index contributed by atoms with van der Waals surface area (Å²) in [4.78, 5) is 21.2. The number of hydrogen-bond donors (Lipinski definition) is 0. The van der Waals surface area contributed by atoms with Gasteiger partial charge in [0.2, 0.25) is 5.91 Å². The number of benzene rings is 1. The summed E-state index contributed by atoms with van der Waals surface area (Å²) in [5, 5.41) is 4.68. The molecule has 1 aliphatic heterocycles. The fourth-order valence-electron chi connectivity index (χ4n) is 4.57. The second-order valence-corrected chi connectivity index (χ2v) is 9.02. The number of aromatic nitrogens is 3. The smallest absolute Gasteiger partial charge is 0.264 e. The van der Waals surface area contributed by atoms with Gasteiger partial charge in [-0.15, -0.1) is 0 Å². The standard InChI is InChI=1S/C24H25F4N5O/c1-14-21-17(23(27)28)11-19(15-5-6-15)29-24(21)33(30-14)13-20(34)32-9-7-31(8-10-32)12-16-3-2-4-18(25)22(16)26/h2-4,11,15,23H,5-10,12-13H2,1H3. The molecule has 1 saturated carbocycles. The highest BCUT2D eigenvalue weighted by molar-refractivity contribution is 5.85. The number of piperazine rings is 1. The second-order valence-electron chi connectivity index (χ2n) is 9.02. The molecule has 2 aromatic heterocycles. The number of carbonyl (C=O) groups is 1. The van der Waals surface area contributed by atoms with E-state index in [1.54, 1.807) is 17.9 Å². The van der Waals surface area contributed by atoms with Gasteiger partial charge in [-0.3, -0.25) is 9.69 Å². The molecule has 3 aromatic rings. The molecule has 0 N–H and O–H groups in total. The summed E-state index contributed by atoms with van der Waals surface area (Å²) >= 11 is 0. The highest BCUT2D eigenvalue weighted by atomic mass is 19.3. The van der Waals surface area contributed by atoms with Gasteiger partial charge in [-0.1, -0.05) is 12.1 Å². The highest BCUT2D eigenvalue weighted by Crippen LogP contribution is 2.41. The summed E-state index contributed by atoms with van der Waals surface area (Å²) in [6.45, 7) is 3.71. The third-order valence-electron chi connectivity index (χ3n) is 6.59. The number of hydrogen-bond acceptors (Lipinski definition) is 4. The second kappa shape index (κ2) is 8.98. The highest BCUT2D eigenvalue weighted by Gasteiger charge is 2.30. The Balaban J connectivity index is 1.28. The average molecular weight is 475 g/mol. The third-order valence-corrected chi connectivity index (χ3v) is 6.59. The zero-order chi connectivity index (χ0) is 24.0. The van der Waals surface area contributed by atoms with Crippen LogP contribution >= 0.6 is 0 Å². The molecule has 1 aromatic carbocycles. The maximum atomic E-state index is 14.0. The number of aryl methyl sites for hydroxylation is 1. The van der Waals surface area contributed by atoms with Gasteiger partial charge in [0.05, 0.1) is 11.1 Å². The maximum absolute atomic E-state index is 14.0. The summed E-state index contributed by atoms with van der Waals surface area (Å²) in [6, 6.07) is 5.60. The van der Waals surface area contributed by atoms with E-state index in [1.165, 1.54) is 16.8 Å². The minimum Gasteiger partial charge on any atom is -0.339 e. The molecule has 34 heavy (non-hydrogen) atoms. The number of pyridine rings is 1. The number of rotatable bonds is 6. The van der Waals surface area contributed by atoms with Crippen LogP contribution in [0.2, 0.25) is 0 Å². The van der Waals surface area contributed by atoms with Crippen LogP contribution in [0.1, 0.15) is 47.7 Å². The monoisotopic (exact) mass is 475 g/mol. The van der Waals surface area contributed by atoms with Crippen molar-refractivity contribution < 1.29 is 22.4 Å². The van der Waals surface area contributed by atoms with Gasteiger partial charge in [-0.25, -0.2) is 27.2 Å². The van der Waals surface area contributed by atoms with Crippen molar-refractivity contribution in [3.63, 3.8) is 0 Å². The van der Waals surface area contributed by atoms with Gasteiger partial charge < -0.3 is 4.90 Å². The van der Waals surface area contributed by atoms with E-state index in [1.807, 2.05) is 4.90 Å². The van der Waals surface area contributed by atoms with Crippen LogP contribution in [-0.2, 0) is 17.9 Å². The van der Waals surface area contributed by atoms with E-state index in [0.29, 0.717) is 48.6 Å². The molecule has 2 fully saturated rings. The Kier molecular flexibility index (Phi) is 6.01. The van der Waals surface area contributed by atoms with Crippen molar-refractivity contribution in [3.05, 3.63) is 58.4 Å². The van der Waals surface area contributed by atoms with Gasteiger partial charge in [0.15, 0.2) is 17.3 Å². The zero-order valence-electron chi connectivity index (χ0n) is 18.8. The van der Waals surface area contributed by atoms with Crippen LogP contribution in [0.5, 0.6) is 0 Å². The first kappa shape index (κ1) is 22.8. The minimum atomic E-state index is -2.65. The molecule has 0 atom stereocenters. The van der Waals surface area contributed by atoms with E-state index in [0.717, 1.165) is 18.9 Å². The quantitative estimate of drug-likeness (QED) is 0.502. The largest absolute Gasteiger partial charge is 0.339 e. The van der Waals surface area contributed by atoms with Crippen molar-refractivity contribution in [1.82, 2.24) is 24.6 Å². The first-order valence-electron chi connectivity index (χ1n) is 11.4. The lowest BCUT2D eigenvalue weighted by atomic mass is 10.1. The zero-order valence-corrected chi connectivity index (χ0v) is 18.8. The van der Waals surface area contributed by atoms with E-state index >= 15 is 0 Å². The summed E-state index contributed by atoms with van der Waals surface area (Å²) in [5.74, 6) is -1.71. The fraction of sp³-hybridized carbons (Fsp3) is 0.458. The molecule has 1 aliphatic carbocycles. The van der Waals surface area contributed by atoms with Crippen LogP contribution in [0.25, 0.3) is 11.0 Å². The third kappa shape index (κ3) is 4.38. The molecular formula is C24H25F4N5O. The average Bonchev–Trinajstić information content (AvgIpc) is 3.62. The summed E-state index contributed by atoms with van der Waals surface area (Å²) in [6.07, 6.45) is -0.792. The molecule has 2 aliphatic rings. The van der Waals surface area contributed by atoms with E-state index in [-0.39, 0.29) is 36.0 Å². The lowest BCUT2D eigenvalue weighted by Crippen LogP contribution is -2.49. The first-order valence-corrected chi connectivity index (χ1v) is 11.4. The van der Waals surface area contributed by atoms with Gasteiger partial charge in [0.1, 0.15) is 6.54 Å². The number of alkyl halides is 2. The number of halogens is 4. The Morgan fingerprint density at radius 1 is 1.15 bits per heavy atom. The fourth-order valence-corrected chi connectivity index (χ4v) is 4.57. The molecule has 5 rings (SSSR count). The van der Waals surface area contributed by atoms with Crippen LogP contribution in [0.15, 0.2) is 24.3 Å². The molecule has 0 spiro atoms. The molecule has 0 bridgehead atoms. The van der Waals surface area contributed by atoms with Gasteiger partial charge >= 0.3 is 0 Å². The predicted molar refractivity (Wildman–Crippen MR) is 117 cm³/mol. The number of carbonyl (C=O) groups excluding carboxylic acids is 1. The topological polar surface area (TPSA) is 54.3 Å². The number of amides is 1. The van der Waals surface area contributed by atoms with E-state index in [2.05, 4.69) is 10.1 Å². The maximum Gasteiger partial charge on any atom is 0.264 e. The summed E-state index contributed by atoms with van der Waals surface area (Å²) in [7, 11) is 0. The lowest BCUT2D eigenvalue weighted by Gasteiger charge is -2.34. The Hall–Kier alpha value is -3.01. The Morgan fingerprint density at radius 3 is 2.56 bits per heavy atom. The van der Waals surface area contributed by atoms with Crippen molar-refractivity contribution in [2.24, 2.45) is 0 Å². The molecule has 6 nitrogen and oxygen atoms in total. The van der Waals surface area contributed by atoms with Crippen LogP contribution < -0.4 is 0 Å². The van der Waals surface area contributed by atoms with Crippen molar-refractivity contribution in [1.29, 1.82) is 0 Å². The van der Waals surface area contributed by atoms with Crippen molar-refractivity contribution in [3.8, 4) is 0 Å². The van der Waals surface area contributed by atoms with Crippen LogP contribution in [-0.4, -0.2) is 56.7 Å². The molecule has 1 saturated heterocycles. The Morgan fingerprint density at radius 2 is 1.88 bits per heavy atom. The number of nitrogens with zero attached hydrogens (tertiary/aromatic N) is 5. The summed E-state index contributed by atoms with van der Waals surface area (Å²) < 4.78 is 56.4. The molecule has 180 valence electrons. The molecule has 10 heteroatoms. The molecular weight excluding hydrogens is 450 g/mol. The molecule has 0 radical (unpaired) electrons. The van der Waals surface area contributed by atoms with Crippen molar-refractivity contribution in [2.75, 3.05) is 26.2 Å². The van der Waals surface area contributed by atoms with Gasteiger partial charge in [0, 0.05) is 55.5 Å². The normalized spacial score (nSPS) is 17.2.